The molecule has 0 aliphatic carbocycles. The molecule has 10 nitrogen and oxygen atoms in total. The fraction of sp³-hybridized carbons (Fsp3) is 0.324. The Hall–Kier alpha value is -3.97. The van der Waals surface area contributed by atoms with Crippen molar-refractivity contribution < 1.29 is 38.1 Å². The minimum Gasteiger partial charge on any atom is -0.486 e. The molecule has 1 amide bonds. The lowest BCUT2D eigenvalue weighted by Crippen LogP contribution is -2.38. The molecule has 252 valence electrons. The van der Waals surface area contributed by atoms with E-state index >= 15 is 0 Å². The molecule has 4 aromatic rings. The molecule has 0 saturated carbocycles. The number of aliphatic carboxylic acids is 1. The van der Waals surface area contributed by atoms with Crippen LogP contribution in [0.5, 0.6) is 11.5 Å². The zero-order chi connectivity index (χ0) is 33.7. The van der Waals surface area contributed by atoms with Crippen LogP contribution in [0, 0.1) is 0 Å². The Morgan fingerprint density at radius 3 is 2.34 bits per heavy atom. The number of sulfone groups is 1. The van der Waals surface area contributed by atoms with E-state index < -0.39 is 27.3 Å². The molecule has 0 unspecified atom stereocenters. The summed E-state index contributed by atoms with van der Waals surface area (Å²) in [5.74, 6) is -1.09. The van der Waals surface area contributed by atoms with Crippen LogP contribution in [0.25, 0.3) is 0 Å². The summed E-state index contributed by atoms with van der Waals surface area (Å²) >= 11 is 7.40. The molecule has 4 rings (SSSR count). The van der Waals surface area contributed by atoms with Crippen LogP contribution in [-0.4, -0.2) is 47.2 Å². The quantitative estimate of drug-likeness (QED) is 0.155. The second-order valence-electron chi connectivity index (χ2n) is 12.3. The molecule has 0 fully saturated rings. The predicted octanol–water partition coefficient (Wildman–Crippen LogP) is 6.75. The van der Waals surface area contributed by atoms with Gasteiger partial charge in [-0.25, -0.2) is 18.2 Å². The van der Waals surface area contributed by atoms with E-state index in [1.807, 2.05) is 5.38 Å². The zero-order valence-electron chi connectivity index (χ0n) is 26.8. The summed E-state index contributed by atoms with van der Waals surface area (Å²) in [6, 6.07) is 17.7. The van der Waals surface area contributed by atoms with Crippen molar-refractivity contribution >= 4 is 50.3 Å². The summed E-state index contributed by atoms with van der Waals surface area (Å²) in [6.07, 6.45) is 0.699. The number of hydrogen-bond donors (Lipinski definition) is 2. The molecular weight excluding hydrogens is 664 g/mol. The van der Waals surface area contributed by atoms with E-state index in [1.54, 1.807) is 42.5 Å². The maximum atomic E-state index is 13.4. The number of rotatable bonds is 13. The first-order chi connectivity index (χ1) is 21.5. The van der Waals surface area contributed by atoms with Gasteiger partial charge in [-0.05, 0) is 86.8 Å². The second kappa shape index (κ2) is 15.3. The van der Waals surface area contributed by atoms with Gasteiger partial charge in [-0.15, -0.1) is 11.3 Å². The number of aromatic nitrogens is 1. The number of nitrogens with one attached hydrogen (secondary N) is 1. The number of nitrogens with zero attached hydrogens (tertiary/aromatic N) is 1. The van der Waals surface area contributed by atoms with Gasteiger partial charge < -0.3 is 25.4 Å². The minimum absolute atomic E-state index is 0. The first-order valence-corrected chi connectivity index (χ1v) is 17.5. The van der Waals surface area contributed by atoms with E-state index in [1.165, 1.54) is 49.4 Å². The van der Waals surface area contributed by atoms with Gasteiger partial charge >= 0.3 is 5.97 Å². The summed E-state index contributed by atoms with van der Waals surface area (Å²) in [4.78, 5) is 30.0. The van der Waals surface area contributed by atoms with Crippen LogP contribution in [0.2, 0.25) is 5.02 Å². The van der Waals surface area contributed by atoms with Crippen molar-refractivity contribution in [3.63, 3.8) is 0 Å². The maximum absolute atomic E-state index is 13.4. The molecule has 4 N–H and O–H groups in total. The summed E-state index contributed by atoms with van der Waals surface area (Å²) in [7, 11) is -3.52. The number of carbonyl (C=O) groups excluding carboxylic acids is 1. The van der Waals surface area contributed by atoms with Gasteiger partial charge in [-0.3, -0.25) is 4.79 Å². The number of thiazole rings is 1. The molecule has 1 heterocycles. The molecule has 3 aromatic carbocycles. The van der Waals surface area contributed by atoms with E-state index in [9.17, 15) is 23.1 Å². The van der Waals surface area contributed by atoms with Crippen molar-refractivity contribution in [2.75, 3.05) is 11.1 Å². The summed E-state index contributed by atoms with van der Waals surface area (Å²) in [6.45, 7) is 9.35. The highest BCUT2D eigenvalue weighted by molar-refractivity contribution is 7.91. The molecule has 0 aliphatic heterocycles. The molecule has 0 spiro atoms. The van der Waals surface area contributed by atoms with Crippen molar-refractivity contribution in [2.24, 2.45) is 0 Å². The van der Waals surface area contributed by atoms with Crippen LogP contribution < -0.4 is 14.8 Å². The molecule has 0 atom stereocenters. The molecule has 0 radical (unpaired) electrons. The number of carboxylic acid groups (broad SMARTS) is 1. The topological polar surface area (TPSA) is 163 Å². The Labute approximate surface area is 284 Å². The Morgan fingerprint density at radius 1 is 1.00 bits per heavy atom. The van der Waals surface area contributed by atoms with Crippen LogP contribution in [-0.2, 0) is 33.1 Å². The van der Waals surface area contributed by atoms with Crippen LogP contribution in [0.1, 0.15) is 67.7 Å². The molecule has 13 heteroatoms. The molecule has 0 saturated heterocycles. The van der Waals surface area contributed by atoms with Crippen molar-refractivity contribution in [3.05, 3.63) is 99.0 Å². The van der Waals surface area contributed by atoms with Gasteiger partial charge in [0.15, 0.2) is 15.4 Å². The van der Waals surface area contributed by atoms with Crippen LogP contribution in [0.15, 0.2) is 77.0 Å². The van der Waals surface area contributed by atoms with Crippen LogP contribution >= 0.6 is 22.9 Å². The zero-order valence-corrected chi connectivity index (χ0v) is 29.2. The van der Waals surface area contributed by atoms with Crippen molar-refractivity contribution in [1.29, 1.82) is 0 Å². The standard InChI is InChI=1S/C34H37ClN2O7S2.H2O/c1-33(2,3)29-21-45-30(37-29)20-43-25-10-6-9-23(19-25)31(38)36-27-18-22(11-16-28(27)44-34(4,5)32(39)40)8-7-17-46(41,42)26-14-12-24(35)13-15-26;/h6,9-16,18-19,21H,7-8,17,20H2,1-5H3,(H,36,38)(H,39,40);1H2. The SMILES string of the molecule is CC(C)(Oc1ccc(CCCS(=O)(=O)c2ccc(Cl)cc2)cc1NC(=O)c1cccc(OCc2nc(C(C)(C)C)cs2)c1)C(=O)O.O. The predicted molar refractivity (Wildman–Crippen MR) is 184 cm³/mol. The summed E-state index contributed by atoms with van der Waals surface area (Å²) in [5, 5.41) is 15.7. The van der Waals surface area contributed by atoms with E-state index in [4.69, 9.17) is 21.1 Å². The molecule has 47 heavy (non-hydrogen) atoms. The number of halogens is 1. The lowest BCUT2D eigenvalue weighted by Gasteiger charge is -2.24. The van der Waals surface area contributed by atoms with E-state index in [0.29, 0.717) is 29.2 Å². The number of ether oxygens (including phenoxy) is 2. The van der Waals surface area contributed by atoms with E-state index in [2.05, 4.69) is 31.1 Å². The first kappa shape index (κ1) is 37.5. The second-order valence-corrected chi connectivity index (χ2v) is 15.8. The fourth-order valence-electron chi connectivity index (χ4n) is 4.25. The Kier molecular flexibility index (Phi) is 12.2. The first-order valence-electron chi connectivity index (χ1n) is 14.6. The third-order valence-electron chi connectivity index (χ3n) is 7.00. The summed E-state index contributed by atoms with van der Waals surface area (Å²) in [5.41, 5.74) is 0.637. The normalized spacial score (nSPS) is 11.8. The molecule has 0 aliphatic rings. The Bertz CT molecular complexity index is 1810. The number of carbonyl (C=O) groups is 2. The van der Waals surface area contributed by atoms with Crippen LogP contribution in [0.4, 0.5) is 5.69 Å². The number of anilines is 1. The average Bonchev–Trinajstić information content (AvgIpc) is 3.48. The number of hydrogen-bond acceptors (Lipinski definition) is 8. The molecule has 1 aromatic heterocycles. The third-order valence-corrected chi connectivity index (χ3v) is 9.89. The Morgan fingerprint density at radius 2 is 1.70 bits per heavy atom. The highest BCUT2D eigenvalue weighted by Gasteiger charge is 2.30. The Balaban J connectivity index is 0.00000600. The fourth-order valence-corrected chi connectivity index (χ4v) is 6.62. The number of carboxylic acids is 1. The minimum atomic E-state index is -3.52. The van der Waals surface area contributed by atoms with E-state index in [-0.39, 0.29) is 39.6 Å². The van der Waals surface area contributed by atoms with Crippen molar-refractivity contribution in [1.82, 2.24) is 4.98 Å². The van der Waals surface area contributed by atoms with Gasteiger partial charge in [0.2, 0.25) is 0 Å². The molecular formula is C34H39ClN2O8S2. The van der Waals surface area contributed by atoms with Gasteiger partial charge in [0, 0.05) is 21.4 Å². The highest BCUT2D eigenvalue weighted by atomic mass is 35.5. The van der Waals surface area contributed by atoms with Gasteiger partial charge in [0.05, 0.1) is 22.0 Å². The number of amides is 1. The monoisotopic (exact) mass is 702 g/mol. The van der Waals surface area contributed by atoms with Crippen LogP contribution in [0.3, 0.4) is 0 Å². The third kappa shape index (κ3) is 10.3. The summed E-state index contributed by atoms with van der Waals surface area (Å²) < 4.78 is 37.3. The van der Waals surface area contributed by atoms with Crippen molar-refractivity contribution in [2.45, 2.75) is 70.0 Å². The maximum Gasteiger partial charge on any atom is 0.347 e. The van der Waals surface area contributed by atoms with Gasteiger partial charge in [0.25, 0.3) is 5.91 Å². The smallest absolute Gasteiger partial charge is 0.347 e. The largest absolute Gasteiger partial charge is 0.486 e. The lowest BCUT2D eigenvalue weighted by atomic mass is 9.93. The van der Waals surface area contributed by atoms with Gasteiger partial charge in [-0.2, -0.15) is 0 Å². The lowest BCUT2D eigenvalue weighted by molar-refractivity contribution is -0.152. The van der Waals surface area contributed by atoms with E-state index in [0.717, 1.165) is 16.3 Å². The van der Waals surface area contributed by atoms with Gasteiger partial charge in [0.1, 0.15) is 23.1 Å². The van der Waals surface area contributed by atoms with Crippen molar-refractivity contribution in [3.8, 4) is 11.5 Å². The highest BCUT2D eigenvalue weighted by Crippen LogP contribution is 2.31. The van der Waals surface area contributed by atoms with Gasteiger partial charge in [-0.1, -0.05) is 44.5 Å². The number of benzene rings is 3. The number of aryl methyl sites for hydroxylation is 1. The average molecular weight is 703 g/mol. The molecule has 0 bridgehead atoms.